The van der Waals surface area contributed by atoms with E-state index in [4.69, 9.17) is 11.6 Å². The highest BCUT2D eigenvalue weighted by Crippen LogP contribution is 2.24. The number of halogens is 1. The Balaban J connectivity index is 3.06. The Morgan fingerprint density at radius 1 is 1.83 bits per heavy atom. The van der Waals surface area contributed by atoms with Crippen LogP contribution in [0.25, 0.3) is 0 Å². The summed E-state index contributed by atoms with van der Waals surface area (Å²) in [6, 6.07) is 0. The van der Waals surface area contributed by atoms with Crippen molar-refractivity contribution in [1.82, 2.24) is 9.78 Å². The van der Waals surface area contributed by atoms with E-state index in [-0.39, 0.29) is 5.92 Å². The molecule has 1 atom stereocenters. The number of carbonyl (C=O) groups is 1. The van der Waals surface area contributed by atoms with Crippen LogP contribution in [-0.2, 0) is 11.8 Å². The molecule has 0 saturated heterocycles. The molecule has 1 heterocycles. The fraction of sp³-hybridized carbons (Fsp3) is 0.500. The minimum atomic E-state index is -0.134. The van der Waals surface area contributed by atoms with E-state index in [0.29, 0.717) is 5.02 Å². The van der Waals surface area contributed by atoms with Gasteiger partial charge in [-0.2, -0.15) is 5.10 Å². The topological polar surface area (TPSA) is 34.9 Å². The van der Waals surface area contributed by atoms with Gasteiger partial charge in [-0.3, -0.25) is 4.68 Å². The van der Waals surface area contributed by atoms with Crippen LogP contribution in [0.5, 0.6) is 0 Å². The van der Waals surface area contributed by atoms with Gasteiger partial charge in [-0.1, -0.05) is 18.5 Å². The smallest absolute Gasteiger partial charge is 0.129 e. The highest BCUT2D eigenvalue weighted by molar-refractivity contribution is 6.31. The number of nitrogens with zero attached hydrogens (tertiary/aromatic N) is 2. The summed E-state index contributed by atoms with van der Waals surface area (Å²) < 4.78 is 1.64. The van der Waals surface area contributed by atoms with E-state index in [1.165, 1.54) is 0 Å². The summed E-state index contributed by atoms with van der Waals surface area (Å²) in [4.78, 5) is 10.6. The fourth-order valence-electron chi connectivity index (χ4n) is 1.19. The third-order valence-electron chi connectivity index (χ3n) is 1.89. The van der Waals surface area contributed by atoms with Gasteiger partial charge in [-0.15, -0.1) is 0 Å². The Hall–Kier alpha value is -0.830. The zero-order chi connectivity index (χ0) is 9.14. The van der Waals surface area contributed by atoms with E-state index in [2.05, 4.69) is 5.10 Å². The maximum atomic E-state index is 10.6. The van der Waals surface area contributed by atoms with Crippen molar-refractivity contribution in [1.29, 1.82) is 0 Å². The molecule has 1 aromatic heterocycles. The number of carbonyl (C=O) groups excluding carboxylic acids is 1. The summed E-state index contributed by atoms with van der Waals surface area (Å²) in [5.74, 6) is -0.134. The molecular weight excluding hydrogens is 176 g/mol. The molecule has 4 heteroatoms. The van der Waals surface area contributed by atoms with Crippen LogP contribution in [0.15, 0.2) is 6.20 Å². The van der Waals surface area contributed by atoms with Crippen LogP contribution in [0.2, 0.25) is 5.02 Å². The first-order chi connectivity index (χ1) is 5.70. The SMILES string of the molecule is CCC(C=O)c1c(Cl)cnn1C. The zero-order valence-electron chi connectivity index (χ0n) is 7.12. The van der Waals surface area contributed by atoms with Crippen molar-refractivity contribution in [3.05, 3.63) is 16.9 Å². The molecule has 0 radical (unpaired) electrons. The van der Waals surface area contributed by atoms with Crippen LogP contribution in [0.4, 0.5) is 0 Å². The molecule has 3 nitrogen and oxygen atoms in total. The lowest BCUT2D eigenvalue weighted by Crippen LogP contribution is -2.06. The minimum Gasteiger partial charge on any atom is -0.303 e. The zero-order valence-corrected chi connectivity index (χ0v) is 7.88. The van der Waals surface area contributed by atoms with E-state index in [9.17, 15) is 4.79 Å². The van der Waals surface area contributed by atoms with Crippen LogP contribution < -0.4 is 0 Å². The Labute approximate surface area is 76.3 Å². The second kappa shape index (κ2) is 3.72. The van der Waals surface area contributed by atoms with Crippen LogP contribution in [0.3, 0.4) is 0 Å². The molecule has 1 aromatic rings. The quantitative estimate of drug-likeness (QED) is 0.675. The van der Waals surface area contributed by atoms with Crippen molar-refractivity contribution in [3.63, 3.8) is 0 Å². The average Bonchev–Trinajstić information content (AvgIpc) is 2.38. The van der Waals surface area contributed by atoms with Gasteiger partial charge in [0.15, 0.2) is 0 Å². The van der Waals surface area contributed by atoms with Gasteiger partial charge in [0.05, 0.1) is 22.8 Å². The molecule has 0 aromatic carbocycles. The van der Waals surface area contributed by atoms with Gasteiger partial charge in [-0.25, -0.2) is 0 Å². The first-order valence-electron chi connectivity index (χ1n) is 3.83. The molecule has 0 fully saturated rings. The normalized spacial score (nSPS) is 12.9. The third-order valence-corrected chi connectivity index (χ3v) is 2.18. The first-order valence-corrected chi connectivity index (χ1v) is 4.21. The van der Waals surface area contributed by atoms with E-state index in [0.717, 1.165) is 18.4 Å². The molecular formula is C8H11ClN2O. The van der Waals surface area contributed by atoms with Crippen molar-refractivity contribution >= 4 is 17.9 Å². The van der Waals surface area contributed by atoms with Gasteiger partial charge in [-0.05, 0) is 6.42 Å². The Bertz CT molecular complexity index is 263. The van der Waals surface area contributed by atoms with Gasteiger partial charge in [0.1, 0.15) is 6.29 Å². The highest BCUT2D eigenvalue weighted by atomic mass is 35.5. The van der Waals surface area contributed by atoms with Crippen molar-refractivity contribution in [2.45, 2.75) is 19.3 Å². The maximum Gasteiger partial charge on any atom is 0.129 e. The summed E-state index contributed by atoms with van der Waals surface area (Å²) in [7, 11) is 1.79. The summed E-state index contributed by atoms with van der Waals surface area (Å²) in [5.41, 5.74) is 0.800. The summed E-state index contributed by atoms with van der Waals surface area (Å²) in [6.07, 6.45) is 3.22. The van der Waals surface area contributed by atoms with Crippen molar-refractivity contribution < 1.29 is 4.79 Å². The van der Waals surface area contributed by atoms with Crippen LogP contribution >= 0.6 is 11.6 Å². The van der Waals surface area contributed by atoms with Gasteiger partial charge in [0.25, 0.3) is 0 Å². The molecule has 0 spiro atoms. The van der Waals surface area contributed by atoms with Crippen molar-refractivity contribution in [3.8, 4) is 0 Å². The third kappa shape index (κ3) is 1.50. The molecule has 0 aliphatic rings. The number of hydrogen-bond acceptors (Lipinski definition) is 2. The lowest BCUT2D eigenvalue weighted by atomic mass is 10.0. The molecule has 1 unspecified atom stereocenters. The van der Waals surface area contributed by atoms with Crippen LogP contribution in [0, 0.1) is 0 Å². The lowest BCUT2D eigenvalue weighted by molar-refractivity contribution is -0.109. The molecule has 0 amide bonds. The van der Waals surface area contributed by atoms with Gasteiger partial charge in [0.2, 0.25) is 0 Å². The molecule has 1 rings (SSSR count). The molecule has 0 aliphatic heterocycles. The van der Waals surface area contributed by atoms with Gasteiger partial charge >= 0.3 is 0 Å². The van der Waals surface area contributed by atoms with Crippen molar-refractivity contribution in [2.75, 3.05) is 0 Å². The number of aldehydes is 1. The average molecular weight is 187 g/mol. The minimum absolute atomic E-state index is 0.134. The lowest BCUT2D eigenvalue weighted by Gasteiger charge is -2.07. The molecule has 12 heavy (non-hydrogen) atoms. The predicted molar refractivity (Wildman–Crippen MR) is 47.3 cm³/mol. The highest BCUT2D eigenvalue weighted by Gasteiger charge is 2.15. The number of aryl methyl sites for hydroxylation is 1. The maximum absolute atomic E-state index is 10.6. The standard InChI is InChI=1S/C8H11ClN2O/c1-3-6(5-12)8-7(9)4-10-11(8)2/h4-6H,3H2,1-2H3. The molecule has 0 N–H and O–H groups in total. The van der Waals surface area contributed by atoms with E-state index >= 15 is 0 Å². The van der Waals surface area contributed by atoms with Crippen molar-refractivity contribution in [2.24, 2.45) is 7.05 Å². The largest absolute Gasteiger partial charge is 0.303 e. The number of hydrogen-bond donors (Lipinski definition) is 0. The Kier molecular flexibility index (Phi) is 2.87. The molecule has 0 aliphatic carbocycles. The Morgan fingerprint density at radius 2 is 2.50 bits per heavy atom. The summed E-state index contributed by atoms with van der Waals surface area (Å²) in [5, 5.41) is 4.52. The monoisotopic (exact) mass is 186 g/mol. The predicted octanol–water partition coefficient (Wildman–Crippen LogP) is 1.77. The second-order valence-corrected chi connectivity index (χ2v) is 3.06. The number of rotatable bonds is 3. The van der Waals surface area contributed by atoms with Crippen LogP contribution in [0.1, 0.15) is 25.0 Å². The Morgan fingerprint density at radius 3 is 2.83 bits per heavy atom. The summed E-state index contributed by atoms with van der Waals surface area (Å²) in [6.45, 7) is 1.95. The molecule has 0 saturated carbocycles. The van der Waals surface area contributed by atoms with E-state index in [1.807, 2.05) is 6.92 Å². The van der Waals surface area contributed by atoms with E-state index in [1.54, 1.807) is 17.9 Å². The van der Waals surface area contributed by atoms with Gasteiger partial charge in [0, 0.05) is 7.05 Å². The number of aromatic nitrogens is 2. The second-order valence-electron chi connectivity index (χ2n) is 2.65. The fourth-order valence-corrected chi connectivity index (χ4v) is 1.50. The first kappa shape index (κ1) is 9.26. The van der Waals surface area contributed by atoms with Crippen LogP contribution in [-0.4, -0.2) is 16.1 Å². The molecule has 66 valence electrons. The summed E-state index contributed by atoms with van der Waals surface area (Å²) >= 11 is 5.86. The molecule has 0 bridgehead atoms. The van der Waals surface area contributed by atoms with Gasteiger partial charge < -0.3 is 4.79 Å². The van der Waals surface area contributed by atoms with E-state index < -0.39 is 0 Å².